The van der Waals surface area contributed by atoms with Crippen molar-refractivity contribution in [2.75, 3.05) is 6.54 Å². The Hall–Kier alpha value is -3.39. The molecule has 1 N–H and O–H groups in total. The molecule has 0 bridgehead atoms. The Balaban J connectivity index is 1.48. The number of nitrogens with zero attached hydrogens (tertiary/aromatic N) is 3. The van der Waals surface area contributed by atoms with Crippen molar-refractivity contribution in [1.29, 1.82) is 0 Å². The van der Waals surface area contributed by atoms with Crippen LogP contribution in [0, 0.1) is 6.92 Å². The molecule has 4 aromatic rings. The van der Waals surface area contributed by atoms with Crippen molar-refractivity contribution in [2.45, 2.75) is 37.1 Å². The van der Waals surface area contributed by atoms with E-state index in [0.717, 1.165) is 29.6 Å². The number of imidazole rings is 1. The number of fused-ring (bicyclic) bond motifs is 1. The second-order valence-electron chi connectivity index (χ2n) is 7.89. The second-order valence-corrected chi connectivity index (χ2v) is 9.85. The molecule has 7 nitrogen and oxygen atoms in total. The van der Waals surface area contributed by atoms with Gasteiger partial charge in [0.2, 0.25) is 5.91 Å². The Morgan fingerprint density at radius 2 is 1.88 bits per heavy atom. The Morgan fingerprint density at radius 3 is 2.62 bits per heavy atom. The average Bonchev–Trinajstić information content (AvgIpc) is 3.42. The summed E-state index contributed by atoms with van der Waals surface area (Å²) in [4.78, 5) is 16.7. The van der Waals surface area contributed by atoms with Gasteiger partial charge in [0.1, 0.15) is 6.54 Å². The molecule has 8 heteroatoms. The summed E-state index contributed by atoms with van der Waals surface area (Å²) in [6.07, 6.45) is 7.71. The number of hydrogen-bond donors (Lipinski definition) is 1. The first-order valence-electron chi connectivity index (χ1n) is 10.5. The fourth-order valence-corrected chi connectivity index (χ4v) is 5.27. The van der Waals surface area contributed by atoms with Crippen LogP contribution in [0.4, 0.5) is 0 Å². The predicted molar refractivity (Wildman–Crippen MR) is 124 cm³/mol. The summed E-state index contributed by atoms with van der Waals surface area (Å²) in [5.74, 6) is -0.235. The highest BCUT2D eigenvalue weighted by atomic mass is 32.2. The van der Waals surface area contributed by atoms with Gasteiger partial charge in [-0.15, -0.1) is 0 Å². The predicted octanol–water partition coefficient (Wildman–Crippen LogP) is 3.33. The number of amides is 1. The number of nitrogens with one attached hydrogen (secondary N) is 1. The van der Waals surface area contributed by atoms with Crippen molar-refractivity contribution in [1.82, 2.24) is 19.4 Å². The quantitative estimate of drug-likeness (QED) is 0.396. The van der Waals surface area contributed by atoms with E-state index in [1.54, 1.807) is 29.4 Å². The number of aromatic nitrogens is 3. The Bertz CT molecular complexity index is 1310. The van der Waals surface area contributed by atoms with Gasteiger partial charge in [0.25, 0.3) is 0 Å². The van der Waals surface area contributed by atoms with Gasteiger partial charge in [-0.1, -0.05) is 48.0 Å². The Kier molecular flexibility index (Phi) is 6.41. The van der Waals surface area contributed by atoms with Crippen LogP contribution in [0.1, 0.15) is 17.5 Å². The first kappa shape index (κ1) is 21.8. The summed E-state index contributed by atoms with van der Waals surface area (Å²) in [5, 5.41) is 3.54. The van der Waals surface area contributed by atoms with Gasteiger partial charge in [0, 0.05) is 42.6 Å². The minimum absolute atomic E-state index is 0.0612. The largest absolute Gasteiger partial charge is 0.354 e. The van der Waals surface area contributed by atoms with Gasteiger partial charge in [0.15, 0.2) is 9.84 Å². The highest BCUT2D eigenvalue weighted by Gasteiger charge is 2.22. The average molecular weight is 451 g/mol. The van der Waals surface area contributed by atoms with Gasteiger partial charge < -0.3 is 14.5 Å². The van der Waals surface area contributed by atoms with Crippen LogP contribution < -0.4 is 5.32 Å². The van der Waals surface area contributed by atoms with E-state index in [2.05, 4.69) is 10.3 Å². The zero-order valence-corrected chi connectivity index (χ0v) is 18.8. The van der Waals surface area contributed by atoms with Gasteiger partial charge in [-0.3, -0.25) is 4.79 Å². The lowest BCUT2D eigenvalue weighted by molar-refractivity contribution is -0.121. The highest BCUT2D eigenvalue weighted by molar-refractivity contribution is 7.90. The molecular formula is C24H26N4O3S. The van der Waals surface area contributed by atoms with E-state index in [1.807, 2.05) is 60.2 Å². The third kappa shape index (κ3) is 5.08. The maximum Gasteiger partial charge on any atom is 0.239 e. The summed E-state index contributed by atoms with van der Waals surface area (Å²) in [5.41, 5.74) is 2.55. The SMILES string of the molecule is Cc1ccc(CS(=O)(=O)c2cn(CC(=O)NCCCn3ccnc3)c3ccccc23)cc1. The number of rotatable bonds is 9. The van der Waals surface area contributed by atoms with Gasteiger partial charge in [-0.25, -0.2) is 13.4 Å². The molecule has 0 unspecified atom stereocenters. The first-order chi connectivity index (χ1) is 15.4. The lowest BCUT2D eigenvalue weighted by Crippen LogP contribution is -2.28. The molecule has 0 spiro atoms. The van der Waals surface area contributed by atoms with Crippen LogP contribution in [0.2, 0.25) is 0 Å². The second kappa shape index (κ2) is 9.40. The maximum absolute atomic E-state index is 13.2. The standard InChI is InChI=1S/C24H26N4O3S/c1-19-7-9-20(10-8-19)17-32(30,31)23-15-28(22-6-3-2-5-21(22)23)16-24(29)26-11-4-13-27-14-12-25-18-27/h2-3,5-10,12,14-15,18H,4,11,13,16-17H2,1H3,(H,26,29). The van der Waals surface area contributed by atoms with E-state index in [1.165, 1.54) is 0 Å². The summed E-state index contributed by atoms with van der Waals surface area (Å²) in [6.45, 7) is 3.34. The van der Waals surface area contributed by atoms with E-state index in [4.69, 9.17) is 0 Å². The molecule has 0 aliphatic rings. The minimum Gasteiger partial charge on any atom is -0.354 e. The van der Waals surface area contributed by atoms with Crippen LogP contribution in [-0.4, -0.2) is 35.0 Å². The van der Waals surface area contributed by atoms with E-state index >= 15 is 0 Å². The molecule has 166 valence electrons. The van der Waals surface area contributed by atoms with Crippen molar-refractivity contribution in [2.24, 2.45) is 0 Å². The van der Waals surface area contributed by atoms with E-state index < -0.39 is 9.84 Å². The first-order valence-corrected chi connectivity index (χ1v) is 12.2. The summed E-state index contributed by atoms with van der Waals surface area (Å²) >= 11 is 0. The van der Waals surface area contributed by atoms with E-state index in [-0.39, 0.29) is 23.1 Å². The maximum atomic E-state index is 13.2. The smallest absolute Gasteiger partial charge is 0.239 e. The number of carbonyl (C=O) groups is 1. The number of hydrogen-bond acceptors (Lipinski definition) is 4. The molecule has 2 heterocycles. The number of benzene rings is 2. The van der Waals surface area contributed by atoms with Crippen LogP contribution in [0.25, 0.3) is 10.9 Å². The van der Waals surface area contributed by atoms with Gasteiger partial charge in [-0.2, -0.15) is 0 Å². The fourth-order valence-electron chi connectivity index (χ4n) is 3.69. The van der Waals surface area contributed by atoms with Crippen LogP contribution in [0.15, 0.2) is 78.3 Å². The lowest BCUT2D eigenvalue weighted by Gasteiger charge is -2.07. The molecule has 2 aromatic heterocycles. The van der Waals surface area contributed by atoms with E-state index in [0.29, 0.717) is 11.9 Å². The van der Waals surface area contributed by atoms with E-state index in [9.17, 15) is 13.2 Å². The number of carbonyl (C=O) groups excluding carboxylic acids is 1. The fraction of sp³-hybridized carbons (Fsp3) is 0.250. The van der Waals surface area contributed by atoms with Crippen molar-refractivity contribution < 1.29 is 13.2 Å². The van der Waals surface area contributed by atoms with Crippen molar-refractivity contribution in [3.63, 3.8) is 0 Å². The van der Waals surface area contributed by atoms with Gasteiger partial charge >= 0.3 is 0 Å². The molecule has 4 rings (SSSR count). The molecular weight excluding hydrogens is 424 g/mol. The molecule has 0 saturated heterocycles. The normalized spacial score (nSPS) is 11.7. The van der Waals surface area contributed by atoms with Crippen LogP contribution in [0.5, 0.6) is 0 Å². The molecule has 2 aromatic carbocycles. The number of sulfone groups is 1. The summed E-state index contributed by atoms with van der Waals surface area (Å²) in [6, 6.07) is 14.8. The number of para-hydroxylation sites is 1. The third-order valence-electron chi connectivity index (χ3n) is 5.35. The topological polar surface area (TPSA) is 86.0 Å². The monoisotopic (exact) mass is 450 g/mol. The zero-order valence-electron chi connectivity index (χ0n) is 17.9. The summed E-state index contributed by atoms with van der Waals surface area (Å²) in [7, 11) is -3.57. The highest BCUT2D eigenvalue weighted by Crippen LogP contribution is 2.28. The van der Waals surface area contributed by atoms with Crippen LogP contribution in [-0.2, 0) is 33.5 Å². The lowest BCUT2D eigenvalue weighted by atomic mass is 10.2. The van der Waals surface area contributed by atoms with Crippen LogP contribution >= 0.6 is 0 Å². The third-order valence-corrected chi connectivity index (χ3v) is 7.06. The Morgan fingerprint density at radius 1 is 1.09 bits per heavy atom. The van der Waals surface area contributed by atoms with Crippen molar-refractivity contribution in [3.8, 4) is 0 Å². The minimum atomic E-state index is -3.57. The molecule has 0 saturated carbocycles. The molecule has 1 amide bonds. The van der Waals surface area contributed by atoms with Crippen molar-refractivity contribution in [3.05, 3.63) is 84.6 Å². The molecule has 0 aliphatic heterocycles. The molecule has 0 radical (unpaired) electrons. The molecule has 0 atom stereocenters. The van der Waals surface area contributed by atoms with Gasteiger partial charge in [0.05, 0.1) is 17.0 Å². The molecule has 32 heavy (non-hydrogen) atoms. The Labute approximate surface area is 187 Å². The molecule has 0 fully saturated rings. The van der Waals surface area contributed by atoms with Crippen molar-refractivity contribution >= 4 is 26.6 Å². The van der Waals surface area contributed by atoms with Gasteiger partial charge in [-0.05, 0) is 25.0 Å². The molecule has 0 aliphatic carbocycles. The van der Waals surface area contributed by atoms with Crippen LogP contribution in [0.3, 0.4) is 0 Å². The summed E-state index contributed by atoms with van der Waals surface area (Å²) < 4.78 is 30.1. The zero-order chi connectivity index (χ0) is 22.6. The number of aryl methyl sites for hydroxylation is 2.